The van der Waals surface area contributed by atoms with Gasteiger partial charge in [0.25, 0.3) is 5.91 Å². The van der Waals surface area contributed by atoms with Gasteiger partial charge in [-0.3, -0.25) is 4.79 Å². The van der Waals surface area contributed by atoms with Gasteiger partial charge in [-0.2, -0.15) is 0 Å². The summed E-state index contributed by atoms with van der Waals surface area (Å²) in [6.07, 6.45) is 3.40. The smallest absolute Gasteiger partial charge is 0.319 e. The van der Waals surface area contributed by atoms with Gasteiger partial charge in [-0.1, -0.05) is 35.9 Å². The molecule has 0 unspecified atom stereocenters. The van der Waals surface area contributed by atoms with E-state index in [9.17, 15) is 9.59 Å². The van der Waals surface area contributed by atoms with E-state index in [-0.39, 0.29) is 18.0 Å². The van der Waals surface area contributed by atoms with E-state index in [4.69, 9.17) is 11.6 Å². The Labute approximate surface area is 222 Å². The minimum atomic E-state index is -0.235. The molecule has 3 aromatic rings. The molecule has 2 aliphatic heterocycles. The van der Waals surface area contributed by atoms with Gasteiger partial charge >= 0.3 is 6.03 Å². The van der Waals surface area contributed by atoms with Crippen molar-refractivity contribution in [3.05, 3.63) is 83.5 Å². The molecule has 0 spiro atoms. The number of rotatable bonds is 5. The van der Waals surface area contributed by atoms with Crippen molar-refractivity contribution in [3.8, 4) is 0 Å². The summed E-state index contributed by atoms with van der Waals surface area (Å²) in [7, 11) is 0. The van der Waals surface area contributed by atoms with Crippen LogP contribution in [-0.4, -0.2) is 67.1 Å². The standard InChI is InChI=1S/C28H31ClN6O2/c29-21-6-5-7-23(20-21)32-28(37)31-22-11-14-33(15-12-22)25-9-2-1-8-24(25)27(36)35-18-16-34(17-19-35)26-10-3-4-13-30-26/h1-10,13,20,22H,11-12,14-19H2,(H2,31,32,37). The van der Waals surface area contributed by atoms with Crippen molar-refractivity contribution in [1.29, 1.82) is 0 Å². The molecule has 8 nitrogen and oxygen atoms in total. The highest BCUT2D eigenvalue weighted by atomic mass is 35.5. The Kier molecular flexibility index (Phi) is 7.75. The molecule has 3 amide bonds. The SMILES string of the molecule is O=C(Nc1cccc(Cl)c1)NC1CCN(c2ccccc2C(=O)N2CCN(c3ccccn3)CC2)CC1. The molecule has 1 aromatic heterocycles. The van der Waals surface area contributed by atoms with Crippen molar-refractivity contribution in [2.75, 3.05) is 54.4 Å². The van der Waals surface area contributed by atoms with Gasteiger partial charge in [0.05, 0.1) is 5.56 Å². The second kappa shape index (κ2) is 11.5. The molecule has 0 bridgehead atoms. The molecular weight excluding hydrogens is 488 g/mol. The molecule has 5 rings (SSSR count). The minimum Gasteiger partial charge on any atom is -0.371 e. The summed E-state index contributed by atoms with van der Waals surface area (Å²) in [6.45, 7) is 4.38. The lowest BCUT2D eigenvalue weighted by atomic mass is 10.0. The van der Waals surface area contributed by atoms with Gasteiger partial charge in [-0.15, -0.1) is 0 Å². The molecule has 2 aromatic carbocycles. The highest BCUT2D eigenvalue weighted by Gasteiger charge is 2.27. The lowest BCUT2D eigenvalue weighted by Gasteiger charge is -2.37. The van der Waals surface area contributed by atoms with E-state index in [0.29, 0.717) is 23.8 Å². The van der Waals surface area contributed by atoms with E-state index in [1.165, 1.54) is 0 Å². The number of pyridine rings is 1. The fourth-order valence-electron chi connectivity index (χ4n) is 4.96. The van der Waals surface area contributed by atoms with E-state index in [0.717, 1.165) is 56.1 Å². The lowest BCUT2D eigenvalue weighted by Crippen LogP contribution is -2.49. The average molecular weight is 519 g/mol. The molecule has 2 saturated heterocycles. The maximum Gasteiger partial charge on any atom is 0.319 e. The number of aromatic nitrogens is 1. The molecule has 0 radical (unpaired) electrons. The van der Waals surface area contributed by atoms with Crippen molar-refractivity contribution >= 4 is 40.7 Å². The number of nitrogens with one attached hydrogen (secondary N) is 2. The zero-order valence-electron chi connectivity index (χ0n) is 20.6. The third kappa shape index (κ3) is 6.14. The van der Waals surface area contributed by atoms with Crippen LogP contribution in [0.4, 0.5) is 22.0 Å². The summed E-state index contributed by atoms with van der Waals surface area (Å²) in [5.41, 5.74) is 2.36. The zero-order chi connectivity index (χ0) is 25.6. The number of benzene rings is 2. The van der Waals surface area contributed by atoms with E-state index in [1.807, 2.05) is 47.4 Å². The van der Waals surface area contributed by atoms with Crippen LogP contribution in [0, 0.1) is 0 Å². The monoisotopic (exact) mass is 518 g/mol. The van der Waals surface area contributed by atoms with E-state index < -0.39 is 0 Å². The first-order chi connectivity index (χ1) is 18.1. The number of hydrogen-bond acceptors (Lipinski definition) is 5. The van der Waals surface area contributed by atoms with Crippen LogP contribution in [0.25, 0.3) is 0 Å². The van der Waals surface area contributed by atoms with E-state index in [2.05, 4.69) is 25.4 Å². The molecule has 0 aliphatic carbocycles. The number of carbonyl (C=O) groups excluding carboxylic acids is 2. The molecule has 37 heavy (non-hydrogen) atoms. The van der Waals surface area contributed by atoms with Crippen LogP contribution in [0.5, 0.6) is 0 Å². The average Bonchev–Trinajstić information content (AvgIpc) is 2.94. The number of nitrogens with zero attached hydrogens (tertiary/aromatic N) is 4. The molecule has 9 heteroatoms. The van der Waals surface area contributed by atoms with Gasteiger partial charge in [-0.05, 0) is 55.3 Å². The Hall–Kier alpha value is -3.78. The maximum absolute atomic E-state index is 13.5. The van der Waals surface area contributed by atoms with Crippen molar-refractivity contribution in [2.45, 2.75) is 18.9 Å². The number of para-hydroxylation sites is 1. The summed E-state index contributed by atoms with van der Waals surface area (Å²) in [5.74, 6) is 1.02. The van der Waals surface area contributed by atoms with Crippen LogP contribution in [0.15, 0.2) is 72.9 Å². The Morgan fingerprint density at radius 3 is 2.32 bits per heavy atom. The lowest BCUT2D eigenvalue weighted by molar-refractivity contribution is 0.0747. The molecular formula is C28H31ClN6O2. The van der Waals surface area contributed by atoms with E-state index in [1.54, 1.807) is 30.5 Å². The predicted molar refractivity (Wildman–Crippen MR) is 148 cm³/mol. The van der Waals surface area contributed by atoms with Crippen LogP contribution >= 0.6 is 11.6 Å². The number of hydrogen-bond donors (Lipinski definition) is 2. The van der Waals surface area contributed by atoms with Gasteiger partial charge in [0, 0.05) is 67.9 Å². The Balaban J connectivity index is 1.16. The molecule has 2 N–H and O–H groups in total. The summed E-state index contributed by atoms with van der Waals surface area (Å²) in [6, 6.07) is 20.7. The number of halogens is 1. The first-order valence-corrected chi connectivity index (χ1v) is 13.1. The highest BCUT2D eigenvalue weighted by Crippen LogP contribution is 2.26. The second-order valence-corrected chi connectivity index (χ2v) is 9.79. The largest absolute Gasteiger partial charge is 0.371 e. The fourth-order valence-corrected chi connectivity index (χ4v) is 5.15. The highest BCUT2D eigenvalue weighted by molar-refractivity contribution is 6.30. The van der Waals surface area contributed by atoms with Crippen molar-refractivity contribution in [2.24, 2.45) is 0 Å². The van der Waals surface area contributed by atoms with Crippen LogP contribution in [0.2, 0.25) is 5.02 Å². The van der Waals surface area contributed by atoms with Gasteiger partial charge < -0.3 is 25.3 Å². The van der Waals surface area contributed by atoms with Gasteiger partial charge in [-0.25, -0.2) is 9.78 Å². The molecule has 2 aliphatic rings. The molecule has 0 atom stereocenters. The van der Waals surface area contributed by atoms with Crippen molar-refractivity contribution in [1.82, 2.24) is 15.2 Å². The van der Waals surface area contributed by atoms with Gasteiger partial charge in [0.15, 0.2) is 0 Å². The number of anilines is 3. The minimum absolute atomic E-state index is 0.0671. The van der Waals surface area contributed by atoms with Crippen LogP contribution in [0.3, 0.4) is 0 Å². The van der Waals surface area contributed by atoms with Crippen LogP contribution < -0.4 is 20.4 Å². The van der Waals surface area contributed by atoms with Crippen LogP contribution in [-0.2, 0) is 0 Å². The normalized spacial score (nSPS) is 16.4. The van der Waals surface area contributed by atoms with Gasteiger partial charge in [0.2, 0.25) is 0 Å². The Bertz CT molecular complexity index is 1220. The van der Waals surface area contributed by atoms with E-state index >= 15 is 0 Å². The number of carbonyl (C=O) groups is 2. The third-order valence-corrected chi connectivity index (χ3v) is 7.16. The Morgan fingerprint density at radius 1 is 0.838 bits per heavy atom. The second-order valence-electron chi connectivity index (χ2n) is 9.35. The quantitative estimate of drug-likeness (QED) is 0.520. The molecule has 192 valence electrons. The maximum atomic E-state index is 13.5. The first-order valence-electron chi connectivity index (χ1n) is 12.7. The third-order valence-electron chi connectivity index (χ3n) is 6.93. The summed E-state index contributed by atoms with van der Waals surface area (Å²) < 4.78 is 0. The van der Waals surface area contributed by atoms with Crippen molar-refractivity contribution in [3.63, 3.8) is 0 Å². The number of piperidine rings is 1. The van der Waals surface area contributed by atoms with Gasteiger partial charge in [0.1, 0.15) is 5.82 Å². The predicted octanol–water partition coefficient (Wildman–Crippen LogP) is 4.49. The number of piperazine rings is 1. The Morgan fingerprint density at radius 2 is 1.59 bits per heavy atom. The van der Waals surface area contributed by atoms with Crippen LogP contribution in [0.1, 0.15) is 23.2 Å². The molecule has 2 fully saturated rings. The number of urea groups is 1. The number of amides is 3. The molecule has 0 saturated carbocycles. The zero-order valence-corrected chi connectivity index (χ0v) is 21.4. The fraction of sp³-hybridized carbons (Fsp3) is 0.321. The van der Waals surface area contributed by atoms with Crippen molar-refractivity contribution < 1.29 is 9.59 Å². The summed E-state index contributed by atoms with van der Waals surface area (Å²) >= 11 is 6.00. The summed E-state index contributed by atoms with van der Waals surface area (Å²) in [5, 5.41) is 6.48. The topological polar surface area (TPSA) is 80.8 Å². The summed E-state index contributed by atoms with van der Waals surface area (Å²) in [4.78, 5) is 36.8. The first kappa shape index (κ1) is 24.9. The molecule has 3 heterocycles.